The number of hydrogen-bond donors (Lipinski definition) is 1. The highest BCUT2D eigenvalue weighted by atomic mass is 16.4. The number of nitrogens with zero attached hydrogens (tertiary/aromatic N) is 2. The lowest BCUT2D eigenvalue weighted by atomic mass is 10.1. The summed E-state index contributed by atoms with van der Waals surface area (Å²) in [6.07, 6.45) is 8.61. The number of aliphatic carboxylic acids is 1. The van der Waals surface area contributed by atoms with Gasteiger partial charge in [0, 0.05) is 19.5 Å². The van der Waals surface area contributed by atoms with Crippen molar-refractivity contribution in [2.45, 2.75) is 58.3 Å². The van der Waals surface area contributed by atoms with Crippen molar-refractivity contribution >= 4 is 11.9 Å². The lowest BCUT2D eigenvalue weighted by Crippen LogP contribution is -2.39. The highest BCUT2D eigenvalue weighted by Gasteiger charge is 2.16. The van der Waals surface area contributed by atoms with Crippen molar-refractivity contribution in [2.24, 2.45) is 0 Å². The molecule has 0 aromatic heterocycles. The molecule has 0 aromatic rings. The molecule has 1 amide bonds. The van der Waals surface area contributed by atoms with E-state index in [1.807, 2.05) is 19.0 Å². The predicted molar refractivity (Wildman–Crippen MR) is 85.4 cm³/mol. The van der Waals surface area contributed by atoms with Crippen LogP contribution in [0, 0.1) is 0 Å². The topological polar surface area (TPSA) is 60.9 Å². The van der Waals surface area contributed by atoms with Crippen LogP contribution in [0.2, 0.25) is 0 Å². The van der Waals surface area contributed by atoms with E-state index in [-0.39, 0.29) is 12.5 Å². The van der Waals surface area contributed by atoms with Crippen LogP contribution in [-0.4, -0.2) is 60.5 Å². The van der Waals surface area contributed by atoms with Crippen LogP contribution >= 0.6 is 0 Å². The first-order valence-electron chi connectivity index (χ1n) is 8.11. The quantitative estimate of drug-likeness (QED) is 0.531. The van der Waals surface area contributed by atoms with Gasteiger partial charge >= 0.3 is 5.97 Å². The van der Waals surface area contributed by atoms with Crippen LogP contribution in [0.1, 0.15) is 58.3 Å². The summed E-state index contributed by atoms with van der Waals surface area (Å²) < 4.78 is 0. The van der Waals surface area contributed by atoms with Crippen molar-refractivity contribution in [1.29, 1.82) is 0 Å². The van der Waals surface area contributed by atoms with Gasteiger partial charge in [-0.25, -0.2) is 0 Å². The van der Waals surface area contributed by atoms with Crippen LogP contribution in [0.4, 0.5) is 0 Å². The molecule has 0 aliphatic carbocycles. The highest BCUT2D eigenvalue weighted by molar-refractivity contribution is 5.81. The molecule has 0 aliphatic rings. The molecule has 0 saturated heterocycles. The molecule has 0 bridgehead atoms. The third-order valence-electron chi connectivity index (χ3n) is 3.49. The fraction of sp³-hybridized carbons (Fsp3) is 0.875. The molecule has 0 spiro atoms. The Morgan fingerprint density at radius 1 is 0.905 bits per heavy atom. The maximum atomic E-state index is 12.1. The lowest BCUT2D eigenvalue weighted by molar-refractivity contribution is -0.144. The van der Waals surface area contributed by atoms with E-state index in [4.69, 9.17) is 5.11 Å². The molecule has 0 radical (unpaired) electrons. The summed E-state index contributed by atoms with van der Waals surface area (Å²) in [7, 11) is 3.83. The van der Waals surface area contributed by atoms with Crippen LogP contribution in [-0.2, 0) is 9.59 Å². The average molecular weight is 300 g/mol. The monoisotopic (exact) mass is 300 g/mol. The summed E-state index contributed by atoms with van der Waals surface area (Å²) in [5.41, 5.74) is 0. The zero-order chi connectivity index (χ0) is 16.1. The molecule has 0 saturated carbocycles. The Bertz CT molecular complexity index is 293. The number of carboxylic acids is 1. The molecule has 1 N–H and O–H groups in total. The minimum Gasteiger partial charge on any atom is -0.480 e. The van der Waals surface area contributed by atoms with Crippen LogP contribution in [0.5, 0.6) is 0 Å². The third kappa shape index (κ3) is 12.4. The van der Waals surface area contributed by atoms with Gasteiger partial charge in [0.15, 0.2) is 0 Å². The summed E-state index contributed by atoms with van der Waals surface area (Å²) >= 11 is 0. The van der Waals surface area contributed by atoms with Gasteiger partial charge in [-0.15, -0.1) is 0 Å². The van der Waals surface area contributed by atoms with Gasteiger partial charge < -0.3 is 14.9 Å². The zero-order valence-electron chi connectivity index (χ0n) is 13.9. The number of amides is 1. The van der Waals surface area contributed by atoms with Gasteiger partial charge in [0.25, 0.3) is 0 Å². The fourth-order valence-corrected chi connectivity index (χ4v) is 2.17. The normalized spacial score (nSPS) is 10.9. The molecule has 0 heterocycles. The van der Waals surface area contributed by atoms with E-state index in [0.29, 0.717) is 19.5 Å². The van der Waals surface area contributed by atoms with Gasteiger partial charge in [0.05, 0.1) is 0 Å². The Kier molecular flexibility index (Phi) is 12.0. The first-order valence-corrected chi connectivity index (χ1v) is 8.11. The number of unbranched alkanes of at least 4 members (excludes halogenated alkanes) is 6. The van der Waals surface area contributed by atoms with Crippen LogP contribution in [0.25, 0.3) is 0 Å². The summed E-state index contributed by atoms with van der Waals surface area (Å²) in [6.45, 7) is 3.18. The maximum Gasteiger partial charge on any atom is 0.323 e. The molecular weight excluding hydrogens is 268 g/mol. The molecule has 0 atom stereocenters. The summed E-state index contributed by atoms with van der Waals surface area (Å²) in [5, 5.41) is 8.88. The van der Waals surface area contributed by atoms with Crippen LogP contribution in [0.15, 0.2) is 0 Å². The smallest absolute Gasteiger partial charge is 0.323 e. The average Bonchev–Trinajstić information content (AvgIpc) is 2.41. The van der Waals surface area contributed by atoms with E-state index in [0.717, 1.165) is 12.8 Å². The standard InChI is InChI=1S/C16H32N2O3/c1-4-5-6-7-8-9-10-11-15(19)18(14-16(20)21)13-12-17(2)3/h4-14H2,1-3H3,(H,20,21). The number of carbonyl (C=O) groups is 2. The second kappa shape index (κ2) is 12.6. The molecule has 0 unspecified atom stereocenters. The number of likely N-dealkylation sites (N-methyl/N-ethyl adjacent to an activating group) is 1. The number of carbonyl (C=O) groups excluding carboxylic acids is 1. The van der Waals surface area contributed by atoms with E-state index in [1.165, 1.54) is 37.0 Å². The SMILES string of the molecule is CCCCCCCCCC(=O)N(CCN(C)C)CC(=O)O. The lowest BCUT2D eigenvalue weighted by Gasteiger charge is -2.22. The zero-order valence-corrected chi connectivity index (χ0v) is 13.9. The Morgan fingerprint density at radius 3 is 2.00 bits per heavy atom. The van der Waals surface area contributed by atoms with Crippen molar-refractivity contribution in [3.05, 3.63) is 0 Å². The largest absolute Gasteiger partial charge is 0.480 e. The molecule has 0 rings (SSSR count). The first kappa shape index (κ1) is 19.9. The maximum absolute atomic E-state index is 12.1. The minimum absolute atomic E-state index is 0.0344. The van der Waals surface area contributed by atoms with Gasteiger partial charge in [-0.3, -0.25) is 9.59 Å². The van der Waals surface area contributed by atoms with Crippen LogP contribution in [0.3, 0.4) is 0 Å². The number of carboxylic acid groups (broad SMARTS) is 1. The Balaban J connectivity index is 3.90. The highest BCUT2D eigenvalue weighted by Crippen LogP contribution is 2.09. The van der Waals surface area contributed by atoms with E-state index in [1.54, 1.807) is 0 Å². The van der Waals surface area contributed by atoms with Crippen molar-refractivity contribution in [2.75, 3.05) is 33.7 Å². The summed E-state index contributed by atoms with van der Waals surface area (Å²) in [4.78, 5) is 26.3. The molecule has 21 heavy (non-hydrogen) atoms. The predicted octanol–water partition coefficient (Wildman–Crippen LogP) is 2.60. The summed E-state index contributed by atoms with van der Waals surface area (Å²) in [5.74, 6) is -0.977. The molecule has 124 valence electrons. The Hall–Kier alpha value is -1.10. The van der Waals surface area contributed by atoms with Crippen molar-refractivity contribution in [3.8, 4) is 0 Å². The number of hydrogen-bond acceptors (Lipinski definition) is 3. The van der Waals surface area contributed by atoms with E-state index in [2.05, 4.69) is 6.92 Å². The third-order valence-corrected chi connectivity index (χ3v) is 3.49. The van der Waals surface area contributed by atoms with Crippen LogP contribution < -0.4 is 0 Å². The number of rotatable bonds is 13. The van der Waals surface area contributed by atoms with Gasteiger partial charge in [0.1, 0.15) is 6.54 Å². The second-order valence-corrected chi connectivity index (χ2v) is 5.88. The molecule has 5 nitrogen and oxygen atoms in total. The van der Waals surface area contributed by atoms with E-state index in [9.17, 15) is 9.59 Å². The van der Waals surface area contributed by atoms with Gasteiger partial charge in [0.2, 0.25) is 5.91 Å². The van der Waals surface area contributed by atoms with E-state index >= 15 is 0 Å². The molecule has 0 aliphatic heterocycles. The van der Waals surface area contributed by atoms with Gasteiger partial charge in [-0.2, -0.15) is 0 Å². The van der Waals surface area contributed by atoms with Crippen molar-refractivity contribution in [3.63, 3.8) is 0 Å². The molecular formula is C16H32N2O3. The Labute approximate surface area is 129 Å². The molecule has 0 fully saturated rings. The van der Waals surface area contributed by atoms with Gasteiger partial charge in [-0.05, 0) is 20.5 Å². The first-order chi connectivity index (χ1) is 9.97. The van der Waals surface area contributed by atoms with Crippen molar-refractivity contribution in [1.82, 2.24) is 9.80 Å². The minimum atomic E-state index is -0.943. The Morgan fingerprint density at radius 2 is 1.48 bits per heavy atom. The second-order valence-electron chi connectivity index (χ2n) is 5.88. The molecule has 5 heteroatoms. The van der Waals surface area contributed by atoms with E-state index < -0.39 is 5.97 Å². The van der Waals surface area contributed by atoms with Gasteiger partial charge in [-0.1, -0.05) is 45.4 Å². The fourth-order valence-electron chi connectivity index (χ4n) is 2.17. The molecule has 0 aromatic carbocycles. The summed E-state index contributed by atoms with van der Waals surface area (Å²) in [6, 6.07) is 0. The van der Waals surface area contributed by atoms with Crippen molar-refractivity contribution < 1.29 is 14.7 Å².